The molecule has 1 aromatic rings. The molecule has 3 heterocycles. The number of aromatic nitrogens is 2. The highest BCUT2D eigenvalue weighted by Gasteiger charge is 2.55. The number of rotatable bonds is 7. The summed E-state index contributed by atoms with van der Waals surface area (Å²) in [6, 6.07) is -0.283. The zero-order chi connectivity index (χ0) is 26.9. The molecular weight excluding hydrogens is 514 g/mol. The Balaban J connectivity index is 0.00000353. The number of hydrogen-bond donors (Lipinski definition) is 2. The molecule has 1 spiro atoms. The highest BCUT2D eigenvalue weighted by atomic mass is 35.5. The maximum absolute atomic E-state index is 13.8. The molecule has 0 unspecified atom stereocenters. The van der Waals surface area contributed by atoms with E-state index < -0.39 is 17.7 Å². The van der Waals surface area contributed by atoms with Crippen molar-refractivity contribution in [1.29, 1.82) is 0 Å². The Morgan fingerprint density at radius 1 is 1.00 bits per heavy atom. The van der Waals surface area contributed by atoms with Crippen molar-refractivity contribution in [3.63, 3.8) is 0 Å². The number of aliphatic hydroxyl groups is 1. The van der Waals surface area contributed by atoms with Gasteiger partial charge in [0.05, 0.1) is 17.8 Å². The molecule has 0 bridgehead atoms. The number of halogens is 1. The predicted molar refractivity (Wildman–Crippen MR) is 155 cm³/mol. The van der Waals surface area contributed by atoms with E-state index in [0.717, 1.165) is 57.4 Å². The number of carbonyl (C=O) groups excluding carboxylic acids is 2. The van der Waals surface area contributed by atoms with Crippen molar-refractivity contribution in [1.82, 2.24) is 24.9 Å². The Morgan fingerprint density at radius 2 is 1.62 bits per heavy atom. The van der Waals surface area contributed by atoms with E-state index in [1.165, 1.54) is 49.8 Å². The number of piperazine rings is 1. The van der Waals surface area contributed by atoms with Crippen molar-refractivity contribution in [3.8, 4) is 0 Å². The van der Waals surface area contributed by atoms with Crippen molar-refractivity contribution in [2.75, 3.05) is 19.6 Å². The maximum Gasteiger partial charge on any atom is 0.248 e. The van der Waals surface area contributed by atoms with Crippen LogP contribution >= 0.6 is 12.4 Å². The fourth-order valence-electron chi connectivity index (χ4n) is 7.77. The number of nitrogens with zero attached hydrogens (tertiary/aromatic N) is 4. The normalized spacial score (nSPS) is 25.9. The largest absolute Gasteiger partial charge is 0.390 e. The average Bonchev–Trinajstić information content (AvgIpc) is 3.23. The first-order valence-electron chi connectivity index (χ1n) is 15.4. The van der Waals surface area contributed by atoms with E-state index in [1.54, 1.807) is 0 Å². The lowest BCUT2D eigenvalue weighted by molar-refractivity contribution is -0.165. The average molecular weight is 564 g/mol. The number of aryl methyl sites for hydroxylation is 1. The molecule has 2 amide bonds. The standard InChI is InChI=1S/C30H49N5O3.ClH/c1-4-17-34-28(37)26(27(36)23-11-7-5-8-12-23)31-29(38)30(34)15-18-33(19-16-30)20-25-21(2)32-35(22(25)3)24-13-9-6-10-14-24;/h23-24,26-27,36H,4-20H2,1-3H3,(H,31,38);1H/t26-,27-;/m1./s1. The lowest BCUT2D eigenvalue weighted by atomic mass is 9.78. The van der Waals surface area contributed by atoms with Crippen LogP contribution in [0.4, 0.5) is 0 Å². The van der Waals surface area contributed by atoms with Crippen LogP contribution in [0.3, 0.4) is 0 Å². The molecule has 8 nitrogen and oxygen atoms in total. The van der Waals surface area contributed by atoms with Crippen LogP contribution in [0.15, 0.2) is 0 Å². The summed E-state index contributed by atoms with van der Waals surface area (Å²) in [4.78, 5) is 31.7. The number of hydrogen-bond acceptors (Lipinski definition) is 5. The predicted octanol–water partition coefficient (Wildman–Crippen LogP) is 4.44. The van der Waals surface area contributed by atoms with E-state index >= 15 is 0 Å². The Morgan fingerprint density at radius 3 is 2.23 bits per heavy atom. The molecule has 0 radical (unpaired) electrons. The van der Waals surface area contributed by atoms with Gasteiger partial charge in [0.15, 0.2) is 0 Å². The number of likely N-dealkylation sites (tertiary alicyclic amines) is 1. The summed E-state index contributed by atoms with van der Waals surface area (Å²) in [5.41, 5.74) is 2.92. The van der Waals surface area contributed by atoms with Crippen LogP contribution in [-0.2, 0) is 16.1 Å². The van der Waals surface area contributed by atoms with Gasteiger partial charge in [0.2, 0.25) is 11.8 Å². The molecule has 9 heteroatoms. The minimum atomic E-state index is -0.809. The second kappa shape index (κ2) is 12.9. The third-order valence-electron chi connectivity index (χ3n) is 10.1. The summed E-state index contributed by atoms with van der Waals surface area (Å²) in [5.74, 6) is -0.0562. The molecule has 2 atom stereocenters. The first-order chi connectivity index (χ1) is 18.4. The van der Waals surface area contributed by atoms with Crippen molar-refractivity contribution in [2.24, 2.45) is 5.92 Å². The molecule has 4 aliphatic rings. The summed E-state index contributed by atoms with van der Waals surface area (Å²) in [5, 5.41) is 19.1. The van der Waals surface area contributed by atoms with Gasteiger partial charge in [0, 0.05) is 37.4 Å². The smallest absolute Gasteiger partial charge is 0.248 e. The van der Waals surface area contributed by atoms with E-state index in [-0.39, 0.29) is 30.1 Å². The van der Waals surface area contributed by atoms with Crippen molar-refractivity contribution >= 4 is 24.2 Å². The fourth-order valence-corrected chi connectivity index (χ4v) is 7.77. The first kappa shape index (κ1) is 30.3. The summed E-state index contributed by atoms with van der Waals surface area (Å²) >= 11 is 0. The van der Waals surface area contributed by atoms with Gasteiger partial charge >= 0.3 is 0 Å². The molecule has 39 heavy (non-hydrogen) atoms. The minimum absolute atomic E-state index is 0. The molecule has 2 saturated carbocycles. The van der Waals surface area contributed by atoms with Gasteiger partial charge in [-0.15, -0.1) is 12.4 Å². The van der Waals surface area contributed by atoms with Crippen LogP contribution in [0.2, 0.25) is 0 Å². The summed E-state index contributed by atoms with van der Waals surface area (Å²) < 4.78 is 2.28. The van der Waals surface area contributed by atoms with Crippen LogP contribution in [0.5, 0.6) is 0 Å². The van der Waals surface area contributed by atoms with Crippen LogP contribution in [0, 0.1) is 19.8 Å². The summed E-state index contributed by atoms with van der Waals surface area (Å²) in [7, 11) is 0. The van der Waals surface area contributed by atoms with Crippen LogP contribution in [-0.4, -0.2) is 73.8 Å². The van der Waals surface area contributed by atoms with Gasteiger partial charge in [-0.05, 0) is 64.7 Å². The van der Waals surface area contributed by atoms with Gasteiger partial charge in [0.1, 0.15) is 11.6 Å². The van der Waals surface area contributed by atoms with Gasteiger partial charge < -0.3 is 15.3 Å². The Labute approximate surface area is 240 Å². The molecule has 2 saturated heterocycles. The molecule has 2 aliphatic heterocycles. The van der Waals surface area contributed by atoms with E-state index in [4.69, 9.17) is 5.10 Å². The zero-order valence-corrected chi connectivity index (χ0v) is 25.1. The molecule has 4 fully saturated rings. The number of nitrogens with one attached hydrogen (secondary N) is 1. The van der Waals surface area contributed by atoms with Crippen LogP contribution in [0.1, 0.15) is 113 Å². The van der Waals surface area contributed by atoms with Gasteiger partial charge in [0.25, 0.3) is 0 Å². The molecule has 5 rings (SSSR count). The fraction of sp³-hybridized carbons (Fsp3) is 0.833. The third kappa shape index (κ3) is 5.89. The number of amides is 2. The molecule has 1 aromatic heterocycles. The quantitative estimate of drug-likeness (QED) is 0.512. The van der Waals surface area contributed by atoms with E-state index in [0.29, 0.717) is 25.4 Å². The monoisotopic (exact) mass is 563 g/mol. The highest BCUT2D eigenvalue weighted by molar-refractivity contribution is 6.00. The molecule has 220 valence electrons. The first-order valence-corrected chi connectivity index (χ1v) is 15.4. The van der Waals surface area contributed by atoms with E-state index in [9.17, 15) is 14.7 Å². The maximum atomic E-state index is 13.8. The molecule has 0 aromatic carbocycles. The molecule has 2 aliphatic carbocycles. The number of carbonyl (C=O) groups is 2. The highest BCUT2D eigenvalue weighted by Crippen LogP contribution is 2.37. The van der Waals surface area contributed by atoms with Gasteiger partial charge in [-0.2, -0.15) is 5.10 Å². The third-order valence-corrected chi connectivity index (χ3v) is 10.1. The van der Waals surface area contributed by atoms with Crippen LogP contribution < -0.4 is 5.32 Å². The van der Waals surface area contributed by atoms with Crippen LogP contribution in [0.25, 0.3) is 0 Å². The van der Waals surface area contributed by atoms with Gasteiger partial charge in [-0.1, -0.05) is 45.4 Å². The SMILES string of the molecule is CCCN1C(=O)[C@@H]([C@H](O)C2CCCCC2)NC(=O)C12CCN(Cc1c(C)nn(C3CCCCC3)c1C)CC2.Cl. The Bertz CT molecular complexity index is 993. The van der Waals surface area contributed by atoms with E-state index in [1.807, 2.05) is 4.90 Å². The zero-order valence-electron chi connectivity index (χ0n) is 24.3. The van der Waals surface area contributed by atoms with E-state index in [2.05, 4.69) is 35.7 Å². The summed E-state index contributed by atoms with van der Waals surface area (Å²) in [6.45, 7) is 9.34. The Kier molecular flexibility index (Phi) is 10.0. The van der Waals surface area contributed by atoms with Gasteiger partial charge in [-0.25, -0.2) is 0 Å². The second-order valence-corrected chi connectivity index (χ2v) is 12.5. The van der Waals surface area contributed by atoms with Gasteiger partial charge in [-0.3, -0.25) is 19.2 Å². The lowest BCUT2D eigenvalue weighted by Crippen LogP contribution is -2.75. The van der Waals surface area contributed by atoms with Crippen molar-refractivity contribution in [3.05, 3.63) is 17.0 Å². The molecular formula is C30H50ClN5O3. The minimum Gasteiger partial charge on any atom is -0.390 e. The van der Waals surface area contributed by atoms with Crippen molar-refractivity contribution in [2.45, 2.75) is 135 Å². The Hall–Kier alpha value is -1.64. The second-order valence-electron chi connectivity index (χ2n) is 12.5. The molecule has 2 N–H and O–H groups in total. The topological polar surface area (TPSA) is 90.7 Å². The number of aliphatic hydroxyl groups excluding tert-OH is 1. The number of piperidine rings is 1. The summed E-state index contributed by atoms with van der Waals surface area (Å²) in [6.07, 6.45) is 12.9. The van der Waals surface area contributed by atoms with Crippen molar-refractivity contribution < 1.29 is 14.7 Å². The lowest BCUT2D eigenvalue weighted by Gasteiger charge is -2.52.